The molecule has 1 fully saturated rings. The molecular formula is C13H21NO2. The van der Waals surface area contributed by atoms with E-state index in [-0.39, 0.29) is 17.9 Å². The van der Waals surface area contributed by atoms with E-state index in [0.29, 0.717) is 6.04 Å². The highest BCUT2D eigenvalue weighted by Crippen LogP contribution is 2.21. The van der Waals surface area contributed by atoms with Crippen LogP contribution in [0.3, 0.4) is 0 Å². The molecule has 0 spiro atoms. The molecule has 0 aromatic heterocycles. The van der Waals surface area contributed by atoms with Crippen LogP contribution >= 0.6 is 0 Å². The van der Waals surface area contributed by atoms with E-state index < -0.39 is 0 Å². The second-order valence-corrected chi connectivity index (χ2v) is 5.00. The van der Waals surface area contributed by atoms with E-state index in [1.807, 2.05) is 0 Å². The standard InChI is InChI=1S/C13H21NO2/c15-12-8-6-11(7-9-12)14-13(16)10-4-2-1-3-5-10/h1-2,10-12,15H,3-9H2,(H,14,16). The van der Waals surface area contributed by atoms with Crippen molar-refractivity contribution in [1.82, 2.24) is 5.32 Å². The first-order valence-electron chi connectivity index (χ1n) is 6.39. The Balaban J connectivity index is 1.76. The maximum Gasteiger partial charge on any atom is 0.223 e. The lowest BCUT2D eigenvalue weighted by molar-refractivity contribution is -0.126. The number of carbonyl (C=O) groups is 1. The summed E-state index contributed by atoms with van der Waals surface area (Å²) < 4.78 is 0. The molecule has 2 aliphatic carbocycles. The highest BCUT2D eigenvalue weighted by molar-refractivity contribution is 5.79. The summed E-state index contributed by atoms with van der Waals surface area (Å²) in [4.78, 5) is 11.9. The quantitative estimate of drug-likeness (QED) is 0.701. The zero-order valence-corrected chi connectivity index (χ0v) is 9.69. The Morgan fingerprint density at radius 2 is 1.88 bits per heavy atom. The Bertz CT molecular complexity index is 267. The van der Waals surface area contributed by atoms with Gasteiger partial charge >= 0.3 is 0 Å². The molecule has 1 unspecified atom stereocenters. The van der Waals surface area contributed by atoms with Gasteiger partial charge in [0.25, 0.3) is 0 Å². The van der Waals surface area contributed by atoms with Crippen LogP contribution in [0.4, 0.5) is 0 Å². The van der Waals surface area contributed by atoms with Gasteiger partial charge in [0.2, 0.25) is 5.91 Å². The fraction of sp³-hybridized carbons (Fsp3) is 0.769. The third-order valence-corrected chi connectivity index (χ3v) is 3.68. The number of nitrogens with one attached hydrogen (secondary N) is 1. The molecule has 90 valence electrons. The molecule has 3 heteroatoms. The molecule has 0 aliphatic heterocycles. The highest BCUT2D eigenvalue weighted by Gasteiger charge is 2.24. The van der Waals surface area contributed by atoms with Crippen molar-refractivity contribution in [3.05, 3.63) is 12.2 Å². The molecule has 0 saturated heterocycles. The molecule has 0 bridgehead atoms. The van der Waals surface area contributed by atoms with Crippen molar-refractivity contribution in [1.29, 1.82) is 0 Å². The fourth-order valence-corrected chi connectivity index (χ4v) is 2.57. The van der Waals surface area contributed by atoms with Crippen molar-refractivity contribution < 1.29 is 9.90 Å². The first-order chi connectivity index (χ1) is 7.75. The molecule has 2 rings (SSSR count). The molecule has 16 heavy (non-hydrogen) atoms. The number of hydrogen-bond donors (Lipinski definition) is 2. The minimum Gasteiger partial charge on any atom is -0.393 e. The summed E-state index contributed by atoms with van der Waals surface area (Å²) in [5.41, 5.74) is 0. The van der Waals surface area contributed by atoms with Gasteiger partial charge in [0.1, 0.15) is 0 Å². The minimum atomic E-state index is -0.147. The van der Waals surface area contributed by atoms with E-state index >= 15 is 0 Å². The summed E-state index contributed by atoms with van der Waals surface area (Å²) in [5, 5.41) is 12.5. The van der Waals surface area contributed by atoms with Crippen LogP contribution in [0.5, 0.6) is 0 Å². The zero-order chi connectivity index (χ0) is 11.4. The molecule has 3 nitrogen and oxygen atoms in total. The van der Waals surface area contributed by atoms with E-state index in [1.165, 1.54) is 0 Å². The van der Waals surface area contributed by atoms with Crippen LogP contribution < -0.4 is 5.32 Å². The molecule has 0 aromatic rings. The van der Waals surface area contributed by atoms with Gasteiger partial charge in [-0.15, -0.1) is 0 Å². The van der Waals surface area contributed by atoms with Crippen LogP contribution in [0.15, 0.2) is 12.2 Å². The number of rotatable bonds is 2. The molecule has 0 heterocycles. The summed E-state index contributed by atoms with van der Waals surface area (Å²) in [6, 6.07) is 0.293. The first kappa shape index (κ1) is 11.6. The van der Waals surface area contributed by atoms with Crippen molar-refractivity contribution in [2.75, 3.05) is 0 Å². The summed E-state index contributed by atoms with van der Waals surface area (Å²) in [6.45, 7) is 0. The molecule has 0 radical (unpaired) electrons. The second-order valence-electron chi connectivity index (χ2n) is 5.00. The number of carbonyl (C=O) groups excluding carboxylic acids is 1. The lowest BCUT2D eigenvalue weighted by atomic mass is 9.90. The number of hydrogen-bond acceptors (Lipinski definition) is 2. The average Bonchev–Trinajstić information content (AvgIpc) is 2.33. The van der Waals surface area contributed by atoms with E-state index in [0.717, 1.165) is 44.9 Å². The van der Waals surface area contributed by atoms with Gasteiger partial charge in [-0.05, 0) is 44.9 Å². The van der Waals surface area contributed by atoms with E-state index in [1.54, 1.807) is 0 Å². The van der Waals surface area contributed by atoms with Gasteiger partial charge in [0.15, 0.2) is 0 Å². The fourth-order valence-electron chi connectivity index (χ4n) is 2.57. The molecule has 0 aromatic carbocycles. The monoisotopic (exact) mass is 223 g/mol. The largest absolute Gasteiger partial charge is 0.393 e. The van der Waals surface area contributed by atoms with Crippen LogP contribution in [0.25, 0.3) is 0 Å². The lowest BCUT2D eigenvalue weighted by Gasteiger charge is -2.28. The summed E-state index contributed by atoms with van der Waals surface area (Å²) in [5.74, 6) is 0.391. The SMILES string of the molecule is O=C(NC1CCC(O)CC1)C1CC=CCC1. The van der Waals surface area contributed by atoms with Gasteiger partial charge in [0, 0.05) is 12.0 Å². The molecule has 2 aliphatic rings. The Morgan fingerprint density at radius 1 is 1.12 bits per heavy atom. The van der Waals surface area contributed by atoms with Crippen LogP contribution in [0, 0.1) is 5.92 Å². The van der Waals surface area contributed by atoms with Crippen molar-refractivity contribution in [2.45, 2.75) is 57.1 Å². The van der Waals surface area contributed by atoms with E-state index in [2.05, 4.69) is 17.5 Å². The molecule has 1 saturated carbocycles. The van der Waals surface area contributed by atoms with Gasteiger partial charge < -0.3 is 10.4 Å². The highest BCUT2D eigenvalue weighted by atomic mass is 16.3. The normalized spacial score (nSPS) is 34.7. The Hall–Kier alpha value is -0.830. The topological polar surface area (TPSA) is 49.3 Å². The maximum atomic E-state index is 11.9. The summed E-state index contributed by atoms with van der Waals surface area (Å²) in [6.07, 6.45) is 10.5. The number of amides is 1. The smallest absolute Gasteiger partial charge is 0.223 e. The van der Waals surface area contributed by atoms with Gasteiger partial charge in [-0.25, -0.2) is 0 Å². The first-order valence-corrected chi connectivity index (χ1v) is 6.39. The number of aliphatic hydroxyl groups excluding tert-OH is 1. The van der Waals surface area contributed by atoms with Crippen molar-refractivity contribution in [3.63, 3.8) is 0 Å². The Labute approximate surface area is 96.9 Å². The van der Waals surface area contributed by atoms with Gasteiger partial charge in [-0.2, -0.15) is 0 Å². The van der Waals surface area contributed by atoms with E-state index in [9.17, 15) is 9.90 Å². The maximum absolute atomic E-state index is 11.9. The van der Waals surface area contributed by atoms with Crippen molar-refractivity contribution in [3.8, 4) is 0 Å². The van der Waals surface area contributed by atoms with Crippen molar-refractivity contribution in [2.24, 2.45) is 5.92 Å². The Kier molecular flexibility index (Phi) is 3.99. The predicted molar refractivity (Wildman–Crippen MR) is 62.9 cm³/mol. The molecule has 2 N–H and O–H groups in total. The predicted octanol–water partition coefficient (Wildman–Crippen LogP) is 1.76. The van der Waals surface area contributed by atoms with Crippen LogP contribution in [-0.4, -0.2) is 23.2 Å². The van der Waals surface area contributed by atoms with Crippen LogP contribution in [-0.2, 0) is 4.79 Å². The number of aliphatic hydroxyl groups is 1. The van der Waals surface area contributed by atoms with Crippen molar-refractivity contribution >= 4 is 5.91 Å². The van der Waals surface area contributed by atoms with Crippen LogP contribution in [0.2, 0.25) is 0 Å². The minimum absolute atomic E-state index is 0.147. The summed E-state index contributed by atoms with van der Waals surface area (Å²) >= 11 is 0. The van der Waals surface area contributed by atoms with Gasteiger partial charge in [0.05, 0.1) is 6.10 Å². The molecule has 1 atom stereocenters. The molecular weight excluding hydrogens is 202 g/mol. The zero-order valence-electron chi connectivity index (χ0n) is 9.69. The summed E-state index contributed by atoms with van der Waals surface area (Å²) in [7, 11) is 0. The van der Waals surface area contributed by atoms with Gasteiger partial charge in [-0.3, -0.25) is 4.79 Å². The number of allylic oxidation sites excluding steroid dienone is 2. The Morgan fingerprint density at radius 3 is 2.50 bits per heavy atom. The van der Waals surface area contributed by atoms with Gasteiger partial charge in [-0.1, -0.05) is 12.2 Å². The third-order valence-electron chi connectivity index (χ3n) is 3.68. The van der Waals surface area contributed by atoms with Crippen LogP contribution in [0.1, 0.15) is 44.9 Å². The average molecular weight is 223 g/mol. The second kappa shape index (κ2) is 5.48. The third kappa shape index (κ3) is 3.08. The van der Waals surface area contributed by atoms with E-state index in [4.69, 9.17) is 0 Å². The molecule has 1 amide bonds. The lowest BCUT2D eigenvalue weighted by Crippen LogP contribution is -2.41.